The van der Waals surface area contributed by atoms with Crippen LogP contribution in [0.15, 0.2) is 9.98 Å². The number of rotatable bonds is 34. The number of amides is 8. The molecule has 0 rings (SSSR count). The van der Waals surface area contributed by atoms with E-state index in [4.69, 9.17) is 28.7 Å². The summed E-state index contributed by atoms with van der Waals surface area (Å²) in [7, 11) is 0. The van der Waals surface area contributed by atoms with E-state index in [-0.39, 0.29) is 63.0 Å². The van der Waals surface area contributed by atoms with Crippen molar-refractivity contribution in [2.75, 3.05) is 26.2 Å². The first kappa shape index (κ1) is 62.6. The van der Waals surface area contributed by atoms with Crippen molar-refractivity contribution in [2.45, 2.75) is 134 Å². The number of hydrogen-bond acceptors (Lipinski definition) is 15. The molecular weight excluding hydrogens is 931 g/mol. The third kappa shape index (κ3) is 25.7. The molecule has 0 aromatic heterocycles. The van der Waals surface area contributed by atoms with Gasteiger partial charge in [0.1, 0.15) is 48.3 Å². The van der Waals surface area contributed by atoms with Crippen molar-refractivity contribution < 1.29 is 73.2 Å². The van der Waals surface area contributed by atoms with Gasteiger partial charge in [0.05, 0.1) is 19.6 Å². The molecule has 0 saturated heterocycles. The summed E-state index contributed by atoms with van der Waals surface area (Å²) in [6, 6.07) is -12.5. The summed E-state index contributed by atoms with van der Waals surface area (Å²) < 4.78 is 0. The smallest absolute Gasteiger partial charge is 0.325 e. The largest absolute Gasteiger partial charge is 0.481 e. The molecule has 30 heteroatoms. The maximum absolute atomic E-state index is 13.9. The average Bonchev–Trinajstić information content (AvgIpc) is 3.26. The van der Waals surface area contributed by atoms with Crippen LogP contribution in [0.4, 0.5) is 0 Å². The molecule has 22 N–H and O–H groups in total. The monoisotopic (exact) mass is 1000 g/mol. The predicted octanol–water partition coefficient (Wildman–Crippen LogP) is -6.93. The summed E-state index contributed by atoms with van der Waals surface area (Å²) in [6.45, 7) is 6.10. The number of aliphatic carboxylic acids is 3. The second kappa shape index (κ2) is 32.4. The Kier molecular flexibility index (Phi) is 29.0. The second-order valence-electron chi connectivity index (χ2n) is 16.7. The van der Waals surface area contributed by atoms with E-state index >= 15 is 0 Å². The van der Waals surface area contributed by atoms with Crippen molar-refractivity contribution in [1.29, 1.82) is 0 Å². The molecule has 8 amide bonds. The standard InChI is InChI=1S/C40H71N15O15/c1-18(2)14-24(53-32(63)22(9-7-13-47-40(44)45)50-36(67)26(17-56)49-27(57)16-41)34(65)54-25(15-29(60)61)35(66)51-23(10-11-28(58)59)33(64)55-30(19(3)4)37(68)52-21(8-6-12-46-39(42)43)31(62)48-20(5)38(69)70/h18-26,30,56H,6-17,41H2,1-5H3,(H,48,62)(H,49,57)(H,50,67)(H,51,66)(H,52,68)(H,53,63)(H,54,65)(H,55,64)(H,58,59)(H,60,61)(H,69,70)(H4,42,43,46)(H4,44,45,47)/t20-,21-,22-,23-,24-,25-,26-,30-/m0/s1. The Balaban J connectivity index is 6.69. The Morgan fingerprint density at radius 2 is 0.914 bits per heavy atom. The van der Waals surface area contributed by atoms with Crippen LogP contribution in [0.1, 0.15) is 86.0 Å². The number of carbonyl (C=O) groups is 11. The van der Waals surface area contributed by atoms with Gasteiger partial charge in [0, 0.05) is 19.5 Å². The molecular formula is C40H71N15O15. The van der Waals surface area contributed by atoms with Crippen molar-refractivity contribution in [1.82, 2.24) is 42.5 Å². The second-order valence-corrected chi connectivity index (χ2v) is 16.7. The highest BCUT2D eigenvalue weighted by molar-refractivity contribution is 5.99. The van der Waals surface area contributed by atoms with Gasteiger partial charge in [-0.2, -0.15) is 0 Å². The Bertz CT molecular complexity index is 1890. The van der Waals surface area contributed by atoms with Crippen LogP contribution < -0.4 is 71.2 Å². The molecule has 0 spiro atoms. The lowest BCUT2D eigenvalue weighted by atomic mass is 10.00. The molecule has 70 heavy (non-hydrogen) atoms. The van der Waals surface area contributed by atoms with E-state index in [1.165, 1.54) is 20.8 Å². The molecule has 0 aliphatic rings. The fraction of sp³-hybridized carbons (Fsp3) is 0.675. The molecule has 0 heterocycles. The molecule has 0 unspecified atom stereocenters. The van der Waals surface area contributed by atoms with Crippen LogP contribution in [0.2, 0.25) is 0 Å². The van der Waals surface area contributed by atoms with Gasteiger partial charge in [0.15, 0.2) is 11.9 Å². The third-order valence-corrected chi connectivity index (χ3v) is 9.78. The minimum atomic E-state index is -1.97. The van der Waals surface area contributed by atoms with Gasteiger partial charge < -0.3 is 91.6 Å². The minimum absolute atomic E-state index is 0.00837. The van der Waals surface area contributed by atoms with Crippen molar-refractivity contribution in [3.8, 4) is 0 Å². The molecule has 0 bridgehead atoms. The van der Waals surface area contributed by atoms with Crippen molar-refractivity contribution in [2.24, 2.45) is 50.5 Å². The molecule has 0 aliphatic heterocycles. The summed E-state index contributed by atoms with van der Waals surface area (Å²) in [6.07, 6.45) is -2.63. The lowest BCUT2D eigenvalue weighted by Gasteiger charge is -2.29. The van der Waals surface area contributed by atoms with Crippen LogP contribution in [-0.2, 0) is 52.7 Å². The summed E-state index contributed by atoms with van der Waals surface area (Å²) in [5.74, 6) is -14.2. The minimum Gasteiger partial charge on any atom is -0.481 e. The molecule has 0 aromatic carbocycles. The molecule has 0 saturated carbocycles. The van der Waals surface area contributed by atoms with Crippen LogP contribution in [0.25, 0.3) is 0 Å². The Labute approximate surface area is 403 Å². The number of carboxylic acid groups (broad SMARTS) is 3. The first-order valence-electron chi connectivity index (χ1n) is 22.1. The highest BCUT2D eigenvalue weighted by Gasteiger charge is 2.36. The number of aliphatic hydroxyl groups is 1. The number of carbonyl (C=O) groups excluding carboxylic acids is 8. The van der Waals surface area contributed by atoms with E-state index in [1.807, 2.05) is 0 Å². The van der Waals surface area contributed by atoms with E-state index in [9.17, 15) is 73.2 Å². The number of nitrogens with two attached hydrogens (primary N) is 5. The fourth-order valence-corrected chi connectivity index (χ4v) is 6.13. The quantitative estimate of drug-likeness (QED) is 0.0162. The van der Waals surface area contributed by atoms with E-state index < -0.39 is 152 Å². The fourth-order valence-electron chi connectivity index (χ4n) is 6.13. The van der Waals surface area contributed by atoms with E-state index in [0.29, 0.717) is 0 Å². The number of nitrogens with one attached hydrogen (secondary N) is 8. The Morgan fingerprint density at radius 1 is 0.500 bits per heavy atom. The Morgan fingerprint density at radius 3 is 1.34 bits per heavy atom. The van der Waals surface area contributed by atoms with Crippen molar-refractivity contribution in [3.05, 3.63) is 0 Å². The van der Waals surface area contributed by atoms with Gasteiger partial charge in [-0.15, -0.1) is 0 Å². The van der Waals surface area contributed by atoms with E-state index in [1.54, 1.807) is 13.8 Å². The van der Waals surface area contributed by atoms with Crippen molar-refractivity contribution in [3.63, 3.8) is 0 Å². The lowest BCUT2D eigenvalue weighted by molar-refractivity contribution is -0.142. The number of aliphatic imine (C=N–C) groups is 2. The number of guanidine groups is 2. The molecule has 0 aliphatic carbocycles. The summed E-state index contributed by atoms with van der Waals surface area (Å²) in [5.41, 5.74) is 26.7. The van der Waals surface area contributed by atoms with Gasteiger partial charge in [-0.05, 0) is 57.3 Å². The molecule has 8 atom stereocenters. The zero-order valence-corrected chi connectivity index (χ0v) is 39.8. The van der Waals surface area contributed by atoms with Crippen molar-refractivity contribution >= 4 is 77.1 Å². The zero-order chi connectivity index (χ0) is 53.8. The highest BCUT2D eigenvalue weighted by atomic mass is 16.4. The van der Waals surface area contributed by atoms with Gasteiger partial charge >= 0.3 is 17.9 Å². The van der Waals surface area contributed by atoms with Crippen LogP contribution in [0, 0.1) is 11.8 Å². The van der Waals surface area contributed by atoms with Gasteiger partial charge in [0.25, 0.3) is 0 Å². The third-order valence-electron chi connectivity index (χ3n) is 9.78. The molecule has 30 nitrogen and oxygen atoms in total. The normalized spacial score (nSPS) is 14.3. The molecule has 0 fully saturated rings. The molecule has 0 radical (unpaired) electrons. The molecule has 0 aromatic rings. The summed E-state index contributed by atoms with van der Waals surface area (Å²) in [5, 5.41) is 56.8. The first-order chi connectivity index (χ1) is 32.6. The highest BCUT2D eigenvalue weighted by Crippen LogP contribution is 2.11. The average molecular weight is 1000 g/mol. The number of carboxylic acids is 3. The first-order valence-corrected chi connectivity index (χ1v) is 22.1. The maximum atomic E-state index is 13.9. The Hall–Kier alpha value is -7.37. The van der Waals surface area contributed by atoms with Crippen LogP contribution >= 0.6 is 0 Å². The molecule has 396 valence electrons. The number of aliphatic hydroxyl groups excluding tert-OH is 1. The van der Waals surface area contributed by atoms with Gasteiger partial charge in [-0.25, -0.2) is 0 Å². The van der Waals surface area contributed by atoms with E-state index in [2.05, 4.69) is 52.5 Å². The van der Waals surface area contributed by atoms with Crippen LogP contribution in [0.3, 0.4) is 0 Å². The zero-order valence-electron chi connectivity index (χ0n) is 39.8. The van der Waals surface area contributed by atoms with Gasteiger partial charge in [0.2, 0.25) is 47.3 Å². The van der Waals surface area contributed by atoms with Gasteiger partial charge in [-0.1, -0.05) is 27.7 Å². The SMILES string of the molecule is CC(C)C[C@H](NC(=O)[C@H](CCCN=C(N)N)NC(=O)[C@H](CO)NC(=O)CN)C(=O)N[C@@H](CC(=O)O)C(=O)N[C@@H](CCC(=O)O)C(=O)N[C@H](C(=O)N[C@@H](CCCN=C(N)N)C(=O)N[C@@H](C)C(=O)O)C(C)C. The maximum Gasteiger partial charge on any atom is 0.325 e. The van der Waals surface area contributed by atoms with E-state index in [0.717, 1.165) is 0 Å². The van der Waals surface area contributed by atoms with Crippen LogP contribution in [-0.4, -0.2) is 172 Å². The number of nitrogens with zero attached hydrogens (tertiary/aromatic N) is 2. The van der Waals surface area contributed by atoms with Gasteiger partial charge in [-0.3, -0.25) is 62.7 Å². The lowest BCUT2D eigenvalue weighted by Crippen LogP contribution is -2.61. The number of hydrogen-bond donors (Lipinski definition) is 17. The topological polar surface area (TPSA) is 520 Å². The summed E-state index contributed by atoms with van der Waals surface area (Å²) in [4.78, 5) is 150. The summed E-state index contributed by atoms with van der Waals surface area (Å²) >= 11 is 0. The van der Waals surface area contributed by atoms with Crippen LogP contribution in [0.5, 0.6) is 0 Å². The predicted molar refractivity (Wildman–Crippen MR) is 248 cm³/mol.